The number of carboxylic acids is 1. The maximum atomic E-state index is 11.5. The molecular formula is C12H9NO3. The highest BCUT2D eigenvalue weighted by Gasteiger charge is 2.06. The highest BCUT2D eigenvalue weighted by atomic mass is 16.4. The quantitative estimate of drug-likeness (QED) is 0.607. The third kappa shape index (κ3) is 2.00. The molecule has 0 aliphatic rings. The Morgan fingerprint density at radius 1 is 1.19 bits per heavy atom. The van der Waals surface area contributed by atoms with Crippen LogP contribution in [0.2, 0.25) is 0 Å². The van der Waals surface area contributed by atoms with Gasteiger partial charge in [-0.3, -0.25) is 4.79 Å². The zero-order chi connectivity index (χ0) is 11.5. The number of hydrogen-bond acceptors (Lipinski definition) is 2. The summed E-state index contributed by atoms with van der Waals surface area (Å²) in [6.07, 6.45) is 1.86. The topological polar surface area (TPSA) is 70.2 Å². The number of nitrogens with one attached hydrogen (secondary N) is 1. The molecule has 1 aromatic heterocycles. The number of carbonyl (C=O) groups is 2. The zero-order valence-corrected chi connectivity index (χ0v) is 8.31. The van der Waals surface area contributed by atoms with Gasteiger partial charge in [-0.15, -0.1) is 0 Å². The smallest absolute Gasteiger partial charge is 0.328 e. The van der Waals surface area contributed by atoms with Gasteiger partial charge in [-0.25, -0.2) is 4.79 Å². The zero-order valence-electron chi connectivity index (χ0n) is 8.31. The summed E-state index contributed by atoms with van der Waals surface area (Å²) in [5, 5.41) is 9.33. The minimum Gasteiger partial charge on any atom is -0.478 e. The minimum atomic E-state index is -1.13. The van der Waals surface area contributed by atoms with Crippen molar-refractivity contribution in [1.82, 2.24) is 4.98 Å². The molecule has 0 fully saturated rings. The van der Waals surface area contributed by atoms with E-state index in [2.05, 4.69) is 4.98 Å². The number of ketones is 1. The Bertz CT molecular complexity index is 548. The Labute approximate surface area is 91.2 Å². The van der Waals surface area contributed by atoms with E-state index in [1.54, 1.807) is 6.07 Å². The van der Waals surface area contributed by atoms with E-state index in [-0.39, 0.29) is 5.78 Å². The van der Waals surface area contributed by atoms with Crippen LogP contribution in [-0.4, -0.2) is 21.8 Å². The maximum Gasteiger partial charge on any atom is 0.328 e. The van der Waals surface area contributed by atoms with Gasteiger partial charge >= 0.3 is 5.97 Å². The van der Waals surface area contributed by atoms with Crippen LogP contribution in [0.1, 0.15) is 10.5 Å². The SMILES string of the molecule is O=C(O)/C=C/C(=O)c1cc2ccccc2[nH]1. The van der Waals surface area contributed by atoms with Crippen LogP contribution >= 0.6 is 0 Å². The fraction of sp³-hybridized carbons (Fsp3) is 0. The van der Waals surface area contributed by atoms with Crippen molar-refractivity contribution in [2.24, 2.45) is 0 Å². The molecule has 0 radical (unpaired) electrons. The first-order valence-electron chi connectivity index (χ1n) is 4.70. The first-order valence-corrected chi connectivity index (χ1v) is 4.70. The van der Waals surface area contributed by atoms with Crippen molar-refractivity contribution in [3.05, 3.63) is 48.2 Å². The maximum absolute atomic E-state index is 11.5. The fourth-order valence-corrected chi connectivity index (χ4v) is 1.44. The van der Waals surface area contributed by atoms with E-state index in [1.165, 1.54) is 0 Å². The second-order valence-electron chi connectivity index (χ2n) is 3.31. The molecule has 0 atom stereocenters. The van der Waals surface area contributed by atoms with Crippen molar-refractivity contribution >= 4 is 22.7 Å². The molecule has 0 spiro atoms. The molecular weight excluding hydrogens is 206 g/mol. The number of aromatic nitrogens is 1. The van der Waals surface area contributed by atoms with Crippen molar-refractivity contribution in [2.75, 3.05) is 0 Å². The van der Waals surface area contributed by atoms with Gasteiger partial charge in [0.15, 0.2) is 0 Å². The average Bonchev–Trinajstić information content (AvgIpc) is 2.69. The Balaban J connectivity index is 2.33. The lowest BCUT2D eigenvalue weighted by Gasteiger charge is -1.87. The summed E-state index contributed by atoms with van der Waals surface area (Å²) >= 11 is 0. The van der Waals surface area contributed by atoms with E-state index in [9.17, 15) is 9.59 Å². The molecule has 4 heteroatoms. The predicted molar refractivity (Wildman–Crippen MR) is 59.4 cm³/mol. The normalized spacial score (nSPS) is 11.0. The molecule has 0 amide bonds. The molecule has 4 nitrogen and oxygen atoms in total. The van der Waals surface area contributed by atoms with Gasteiger partial charge in [0, 0.05) is 17.0 Å². The van der Waals surface area contributed by atoms with Crippen molar-refractivity contribution in [3.8, 4) is 0 Å². The molecule has 2 N–H and O–H groups in total. The standard InChI is InChI=1S/C12H9NO3/c14-11(5-6-12(15)16)10-7-8-3-1-2-4-9(8)13-10/h1-7,13H,(H,15,16)/b6-5+. The molecule has 0 bridgehead atoms. The minimum absolute atomic E-state index is 0.349. The van der Waals surface area contributed by atoms with Gasteiger partial charge in [-0.1, -0.05) is 18.2 Å². The molecule has 1 heterocycles. The summed E-state index contributed by atoms with van der Waals surface area (Å²) in [6.45, 7) is 0. The number of para-hydroxylation sites is 1. The lowest BCUT2D eigenvalue weighted by Crippen LogP contribution is -1.96. The summed E-state index contributed by atoms with van der Waals surface area (Å²) in [5.74, 6) is -1.48. The van der Waals surface area contributed by atoms with E-state index in [0.29, 0.717) is 5.69 Å². The van der Waals surface area contributed by atoms with Crippen LogP contribution in [0.25, 0.3) is 10.9 Å². The van der Waals surface area contributed by atoms with Crippen LogP contribution < -0.4 is 0 Å². The van der Waals surface area contributed by atoms with Gasteiger partial charge in [0.05, 0.1) is 5.69 Å². The lowest BCUT2D eigenvalue weighted by molar-refractivity contribution is -0.131. The third-order valence-corrected chi connectivity index (χ3v) is 2.17. The van der Waals surface area contributed by atoms with Crippen LogP contribution in [0.15, 0.2) is 42.5 Å². The predicted octanol–water partition coefficient (Wildman–Crippen LogP) is 1.99. The Morgan fingerprint density at radius 3 is 2.62 bits per heavy atom. The van der Waals surface area contributed by atoms with Crippen molar-refractivity contribution in [3.63, 3.8) is 0 Å². The number of hydrogen-bond donors (Lipinski definition) is 2. The highest BCUT2D eigenvalue weighted by molar-refractivity contribution is 6.08. The van der Waals surface area contributed by atoms with Gasteiger partial charge in [0.2, 0.25) is 5.78 Å². The second kappa shape index (κ2) is 4.02. The third-order valence-electron chi connectivity index (χ3n) is 2.17. The van der Waals surface area contributed by atoms with E-state index in [4.69, 9.17) is 5.11 Å². The number of carbonyl (C=O) groups excluding carboxylic acids is 1. The van der Waals surface area contributed by atoms with Crippen LogP contribution in [0.3, 0.4) is 0 Å². The van der Waals surface area contributed by atoms with E-state index in [1.807, 2.05) is 24.3 Å². The number of allylic oxidation sites excluding steroid dienone is 1. The van der Waals surface area contributed by atoms with Crippen LogP contribution in [0.4, 0.5) is 0 Å². The van der Waals surface area contributed by atoms with Gasteiger partial charge in [-0.05, 0) is 18.2 Å². The molecule has 1 aromatic carbocycles. The Morgan fingerprint density at radius 2 is 1.94 bits per heavy atom. The largest absolute Gasteiger partial charge is 0.478 e. The van der Waals surface area contributed by atoms with E-state index < -0.39 is 5.97 Å². The Hall–Kier alpha value is -2.36. The monoisotopic (exact) mass is 215 g/mol. The van der Waals surface area contributed by atoms with Crippen LogP contribution in [0, 0.1) is 0 Å². The van der Waals surface area contributed by atoms with Crippen molar-refractivity contribution < 1.29 is 14.7 Å². The Kier molecular flexibility index (Phi) is 2.55. The molecule has 16 heavy (non-hydrogen) atoms. The molecule has 80 valence electrons. The summed E-state index contributed by atoms with van der Waals surface area (Å²) in [4.78, 5) is 24.7. The highest BCUT2D eigenvalue weighted by Crippen LogP contribution is 2.15. The van der Waals surface area contributed by atoms with Crippen molar-refractivity contribution in [2.45, 2.75) is 0 Å². The summed E-state index contributed by atoms with van der Waals surface area (Å²) in [7, 11) is 0. The van der Waals surface area contributed by atoms with E-state index in [0.717, 1.165) is 23.1 Å². The summed E-state index contributed by atoms with van der Waals surface area (Å²) < 4.78 is 0. The number of aliphatic carboxylic acids is 1. The number of rotatable bonds is 3. The molecule has 0 unspecified atom stereocenters. The summed E-state index contributed by atoms with van der Waals surface area (Å²) in [6, 6.07) is 9.16. The summed E-state index contributed by atoms with van der Waals surface area (Å²) in [5.41, 5.74) is 1.24. The molecule has 0 saturated heterocycles. The number of aromatic amines is 1. The number of benzene rings is 1. The van der Waals surface area contributed by atoms with Crippen LogP contribution in [-0.2, 0) is 4.79 Å². The fourth-order valence-electron chi connectivity index (χ4n) is 1.44. The van der Waals surface area contributed by atoms with Gasteiger partial charge in [0.25, 0.3) is 0 Å². The molecule has 0 saturated carbocycles. The van der Waals surface area contributed by atoms with Gasteiger partial charge < -0.3 is 10.1 Å². The molecule has 0 aliphatic heterocycles. The van der Waals surface area contributed by atoms with Crippen LogP contribution in [0.5, 0.6) is 0 Å². The van der Waals surface area contributed by atoms with Crippen molar-refractivity contribution in [1.29, 1.82) is 0 Å². The lowest BCUT2D eigenvalue weighted by atomic mass is 10.2. The first-order chi connectivity index (χ1) is 7.66. The van der Waals surface area contributed by atoms with Gasteiger partial charge in [0.1, 0.15) is 0 Å². The first kappa shape index (κ1) is 10.2. The van der Waals surface area contributed by atoms with E-state index >= 15 is 0 Å². The number of H-pyrrole nitrogens is 1. The molecule has 2 aromatic rings. The van der Waals surface area contributed by atoms with Gasteiger partial charge in [-0.2, -0.15) is 0 Å². The molecule has 2 rings (SSSR count). The second-order valence-corrected chi connectivity index (χ2v) is 3.31. The number of carboxylic acid groups (broad SMARTS) is 1. The number of fused-ring (bicyclic) bond motifs is 1. The average molecular weight is 215 g/mol. The molecule has 0 aliphatic carbocycles.